The summed E-state index contributed by atoms with van der Waals surface area (Å²) in [4.78, 5) is 0. The molecule has 0 saturated heterocycles. The van der Waals surface area contributed by atoms with Crippen molar-refractivity contribution in [3.05, 3.63) is 28.0 Å². The highest BCUT2D eigenvalue weighted by molar-refractivity contribution is 7.71. The maximum atomic E-state index is 5.14. The Bertz CT molecular complexity index is 533. The molecule has 0 fully saturated rings. The molecule has 0 spiro atoms. The number of aryl methyl sites for hydroxylation is 3. The standard InChI is InChI=1S/C9H13N5S/c1-6-8(4-13(3)12-6)5-14-7(2)10-11-9(14)15/h4H,5H2,1-3H3,(H,11,15). The zero-order chi connectivity index (χ0) is 11.0. The summed E-state index contributed by atoms with van der Waals surface area (Å²) in [6.07, 6.45) is 2.00. The molecule has 0 aliphatic carbocycles. The van der Waals surface area contributed by atoms with Crippen LogP contribution < -0.4 is 0 Å². The van der Waals surface area contributed by atoms with Crippen molar-refractivity contribution in [3.63, 3.8) is 0 Å². The van der Waals surface area contributed by atoms with Gasteiger partial charge < -0.3 is 0 Å². The predicted molar refractivity (Wildman–Crippen MR) is 59.2 cm³/mol. The van der Waals surface area contributed by atoms with Gasteiger partial charge in [-0.3, -0.25) is 14.3 Å². The monoisotopic (exact) mass is 223 g/mol. The molecule has 80 valence electrons. The molecule has 6 heteroatoms. The molecular weight excluding hydrogens is 210 g/mol. The summed E-state index contributed by atoms with van der Waals surface area (Å²) >= 11 is 5.14. The highest BCUT2D eigenvalue weighted by Crippen LogP contribution is 2.08. The van der Waals surface area contributed by atoms with Crippen molar-refractivity contribution in [2.24, 2.45) is 7.05 Å². The van der Waals surface area contributed by atoms with Crippen LogP contribution in [0.1, 0.15) is 17.1 Å². The average Bonchev–Trinajstić information content (AvgIpc) is 2.63. The molecule has 0 amide bonds. The second kappa shape index (κ2) is 3.62. The minimum Gasteiger partial charge on any atom is -0.300 e. The Morgan fingerprint density at radius 1 is 1.47 bits per heavy atom. The summed E-state index contributed by atoms with van der Waals surface area (Å²) < 4.78 is 4.42. The van der Waals surface area contributed by atoms with Crippen LogP contribution in [0.4, 0.5) is 0 Å². The van der Waals surface area contributed by atoms with Gasteiger partial charge in [0.15, 0.2) is 4.77 Å². The van der Waals surface area contributed by atoms with Crippen molar-refractivity contribution in [1.29, 1.82) is 0 Å². The van der Waals surface area contributed by atoms with E-state index < -0.39 is 0 Å². The van der Waals surface area contributed by atoms with E-state index in [9.17, 15) is 0 Å². The fourth-order valence-corrected chi connectivity index (χ4v) is 1.80. The summed E-state index contributed by atoms with van der Waals surface area (Å²) in [5.41, 5.74) is 2.19. The molecule has 0 aliphatic rings. The van der Waals surface area contributed by atoms with Gasteiger partial charge in [-0.05, 0) is 26.1 Å². The molecule has 0 atom stereocenters. The number of H-pyrrole nitrogens is 1. The van der Waals surface area contributed by atoms with Crippen LogP contribution in [0.25, 0.3) is 0 Å². The van der Waals surface area contributed by atoms with Crippen LogP contribution in [0, 0.1) is 18.6 Å². The SMILES string of the molecule is Cc1nn(C)cc1Cn1c(C)n[nH]c1=S. The van der Waals surface area contributed by atoms with Gasteiger partial charge in [-0.15, -0.1) is 0 Å². The maximum Gasteiger partial charge on any atom is 0.195 e. The van der Waals surface area contributed by atoms with Crippen LogP contribution in [-0.4, -0.2) is 24.5 Å². The summed E-state index contributed by atoms with van der Waals surface area (Å²) in [7, 11) is 1.91. The lowest BCUT2D eigenvalue weighted by Crippen LogP contribution is -2.02. The number of nitrogens with zero attached hydrogens (tertiary/aromatic N) is 4. The highest BCUT2D eigenvalue weighted by Gasteiger charge is 2.06. The van der Waals surface area contributed by atoms with E-state index in [0.717, 1.165) is 23.6 Å². The number of aromatic amines is 1. The molecule has 2 rings (SSSR count). The number of rotatable bonds is 2. The first-order valence-corrected chi connectivity index (χ1v) is 5.09. The van der Waals surface area contributed by atoms with Gasteiger partial charge in [0, 0.05) is 18.8 Å². The van der Waals surface area contributed by atoms with Crippen LogP contribution in [0.2, 0.25) is 0 Å². The van der Waals surface area contributed by atoms with Crippen LogP contribution in [0.15, 0.2) is 6.20 Å². The fourth-order valence-electron chi connectivity index (χ4n) is 1.56. The summed E-state index contributed by atoms with van der Waals surface area (Å²) in [6.45, 7) is 4.65. The first-order chi connectivity index (χ1) is 7.08. The first-order valence-electron chi connectivity index (χ1n) is 4.69. The minimum atomic E-state index is 0.649. The topological polar surface area (TPSA) is 51.4 Å². The van der Waals surface area contributed by atoms with E-state index in [1.54, 1.807) is 0 Å². The van der Waals surface area contributed by atoms with Crippen LogP contribution in [0.5, 0.6) is 0 Å². The Morgan fingerprint density at radius 3 is 2.67 bits per heavy atom. The summed E-state index contributed by atoms with van der Waals surface area (Å²) in [5, 5.41) is 11.1. The van der Waals surface area contributed by atoms with Gasteiger partial charge in [0.25, 0.3) is 0 Å². The van der Waals surface area contributed by atoms with Crippen molar-refractivity contribution >= 4 is 12.2 Å². The molecule has 0 radical (unpaired) electrons. The van der Waals surface area contributed by atoms with Crippen molar-refractivity contribution in [3.8, 4) is 0 Å². The molecule has 2 aromatic rings. The normalized spacial score (nSPS) is 10.9. The van der Waals surface area contributed by atoms with E-state index in [1.807, 2.05) is 36.3 Å². The Morgan fingerprint density at radius 2 is 2.20 bits per heavy atom. The van der Waals surface area contributed by atoms with E-state index >= 15 is 0 Å². The predicted octanol–water partition coefficient (Wildman–Crippen LogP) is 1.34. The quantitative estimate of drug-likeness (QED) is 0.782. The van der Waals surface area contributed by atoms with Gasteiger partial charge in [-0.25, -0.2) is 0 Å². The van der Waals surface area contributed by atoms with Crippen molar-refractivity contribution in [1.82, 2.24) is 24.5 Å². The van der Waals surface area contributed by atoms with Crippen LogP contribution in [0.3, 0.4) is 0 Å². The van der Waals surface area contributed by atoms with Crippen molar-refractivity contribution in [2.75, 3.05) is 0 Å². The van der Waals surface area contributed by atoms with Crippen LogP contribution in [-0.2, 0) is 13.6 Å². The lowest BCUT2D eigenvalue weighted by atomic mass is 10.2. The van der Waals surface area contributed by atoms with Gasteiger partial charge in [0.05, 0.1) is 12.2 Å². The lowest BCUT2D eigenvalue weighted by molar-refractivity contribution is 0.744. The zero-order valence-electron chi connectivity index (χ0n) is 8.98. The van der Waals surface area contributed by atoms with Gasteiger partial charge >= 0.3 is 0 Å². The average molecular weight is 223 g/mol. The van der Waals surface area contributed by atoms with Gasteiger partial charge in [-0.2, -0.15) is 10.2 Å². The molecule has 0 aromatic carbocycles. The minimum absolute atomic E-state index is 0.649. The molecule has 0 bridgehead atoms. The number of nitrogens with one attached hydrogen (secondary N) is 1. The molecule has 15 heavy (non-hydrogen) atoms. The molecule has 0 unspecified atom stereocenters. The van der Waals surface area contributed by atoms with Crippen LogP contribution >= 0.6 is 12.2 Å². The first kappa shape index (κ1) is 10.1. The third kappa shape index (κ3) is 1.85. The van der Waals surface area contributed by atoms with Gasteiger partial charge in [-0.1, -0.05) is 0 Å². The number of hydrogen-bond acceptors (Lipinski definition) is 3. The van der Waals surface area contributed by atoms with Gasteiger partial charge in [0.1, 0.15) is 5.82 Å². The molecule has 5 nitrogen and oxygen atoms in total. The summed E-state index contributed by atoms with van der Waals surface area (Å²) in [5.74, 6) is 0.892. The Labute approximate surface area is 92.7 Å². The summed E-state index contributed by atoms with van der Waals surface area (Å²) in [6, 6.07) is 0. The molecule has 0 saturated carbocycles. The Balaban J connectivity index is 2.37. The fraction of sp³-hybridized carbons (Fsp3) is 0.444. The highest BCUT2D eigenvalue weighted by atomic mass is 32.1. The number of aromatic nitrogens is 5. The molecule has 1 N–H and O–H groups in total. The molecule has 0 aliphatic heterocycles. The maximum absolute atomic E-state index is 5.14. The largest absolute Gasteiger partial charge is 0.300 e. The van der Waals surface area contributed by atoms with Gasteiger partial charge in [0.2, 0.25) is 0 Å². The van der Waals surface area contributed by atoms with Crippen molar-refractivity contribution in [2.45, 2.75) is 20.4 Å². The third-order valence-electron chi connectivity index (χ3n) is 2.39. The Kier molecular flexibility index (Phi) is 2.44. The van der Waals surface area contributed by atoms with E-state index in [2.05, 4.69) is 15.3 Å². The van der Waals surface area contributed by atoms with E-state index in [4.69, 9.17) is 12.2 Å². The second-order valence-corrected chi connectivity index (χ2v) is 3.96. The lowest BCUT2D eigenvalue weighted by Gasteiger charge is -2.01. The number of hydrogen-bond donors (Lipinski definition) is 1. The van der Waals surface area contributed by atoms with E-state index in [1.165, 1.54) is 0 Å². The van der Waals surface area contributed by atoms with Crippen molar-refractivity contribution < 1.29 is 0 Å². The smallest absolute Gasteiger partial charge is 0.195 e. The van der Waals surface area contributed by atoms with E-state index in [0.29, 0.717) is 4.77 Å². The Hall–Kier alpha value is -1.43. The van der Waals surface area contributed by atoms with E-state index in [-0.39, 0.29) is 0 Å². The molecule has 2 aromatic heterocycles. The zero-order valence-corrected chi connectivity index (χ0v) is 9.80. The molecule has 2 heterocycles. The molecular formula is C9H13N5S. The second-order valence-electron chi connectivity index (χ2n) is 3.58. The third-order valence-corrected chi connectivity index (χ3v) is 2.70.